The fraction of sp³-hybridized carbons (Fsp3) is 0.417. The van der Waals surface area contributed by atoms with Gasteiger partial charge in [0.15, 0.2) is 0 Å². The lowest BCUT2D eigenvalue weighted by Gasteiger charge is -2.28. The van der Waals surface area contributed by atoms with Gasteiger partial charge in [0.1, 0.15) is 10.4 Å². The van der Waals surface area contributed by atoms with Crippen LogP contribution in [-0.4, -0.2) is 38.9 Å². The molecule has 0 saturated carbocycles. The van der Waals surface area contributed by atoms with Crippen LogP contribution < -0.4 is 4.72 Å². The third-order valence-electron chi connectivity index (χ3n) is 2.56. The first kappa shape index (κ1) is 18.7. The first-order chi connectivity index (χ1) is 9.38. The molecule has 0 bridgehead atoms. The summed E-state index contributed by atoms with van der Waals surface area (Å²) in [6.07, 6.45) is 0. The number of carbonyl (C=O) groups is 1. The number of nitrogens with zero attached hydrogens (tertiary/aromatic N) is 1. The van der Waals surface area contributed by atoms with E-state index in [2.05, 4.69) is 20.7 Å². The van der Waals surface area contributed by atoms with Crippen molar-refractivity contribution >= 4 is 55.1 Å². The summed E-state index contributed by atoms with van der Waals surface area (Å²) >= 11 is 15.1. The van der Waals surface area contributed by atoms with Crippen molar-refractivity contribution in [3.63, 3.8) is 0 Å². The van der Waals surface area contributed by atoms with Crippen LogP contribution in [0.25, 0.3) is 0 Å². The van der Waals surface area contributed by atoms with Crippen LogP contribution in [0.1, 0.15) is 13.8 Å². The standard InChI is InChI=1S/C12H15BrCl2N2O3S/c1-12(2,11(18)17(3)4)16-21(19,20)10-8(14)5-7(13)6-9(10)15/h5-6,16H,1-4H3. The summed E-state index contributed by atoms with van der Waals surface area (Å²) in [6, 6.07) is 2.84. The molecule has 1 aromatic carbocycles. The van der Waals surface area contributed by atoms with Gasteiger partial charge in [-0.15, -0.1) is 0 Å². The highest BCUT2D eigenvalue weighted by atomic mass is 79.9. The van der Waals surface area contributed by atoms with E-state index in [1.165, 1.54) is 45.0 Å². The number of carbonyl (C=O) groups excluding carboxylic acids is 1. The van der Waals surface area contributed by atoms with Crippen molar-refractivity contribution in [1.82, 2.24) is 9.62 Å². The molecular weight excluding hydrogens is 403 g/mol. The molecule has 21 heavy (non-hydrogen) atoms. The third-order valence-corrected chi connectivity index (χ3v) is 5.60. The van der Waals surface area contributed by atoms with Crippen LogP contribution in [0.4, 0.5) is 0 Å². The number of likely N-dealkylation sites (N-methyl/N-ethyl adjacent to an activating group) is 1. The van der Waals surface area contributed by atoms with Crippen LogP contribution in [0.5, 0.6) is 0 Å². The van der Waals surface area contributed by atoms with Gasteiger partial charge in [0.25, 0.3) is 0 Å². The van der Waals surface area contributed by atoms with Crippen LogP contribution >= 0.6 is 39.1 Å². The monoisotopic (exact) mass is 416 g/mol. The van der Waals surface area contributed by atoms with E-state index in [4.69, 9.17) is 23.2 Å². The van der Waals surface area contributed by atoms with Crippen molar-refractivity contribution < 1.29 is 13.2 Å². The van der Waals surface area contributed by atoms with Gasteiger partial charge in [-0.2, -0.15) is 4.72 Å². The Hall–Kier alpha value is -0.340. The van der Waals surface area contributed by atoms with Gasteiger partial charge in [0.2, 0.25) is 15.9 Å². The van der Waals surface area contributed by atoms with Crippen molar-refractivity contribution in [2.75, 3.05) is 14.1 Å². The molecule has 0 spiro atoms. The summed E-state index contributed by atoms with van der Waals surface area (Å²) in [5.41, 5.74) is -1.33. The highest BCUT2D eigenvalue weighted by Crippen LogP contribution is 2.33. The van der Waals surface area contributed by atoms with E-state index in [0.717, 1.165) is 0 Å². The fourth-order valence-electron chi connectivity index (χ4n) is 1.78. The predicted molar refractivity (Wildman–Crippen MR) is 87.3 cm³/mol. The topological polar surface area (TPSA) is 66.5 Å². The average molecular weight is 418 g/mol. The Labute approximate surface area is 142 Å². The number of nitrogens with one attached hydrogen (secondary N) is 1. The lowest BCUT2D eigenvalue weighted by atomic mass is 10.1. The maximum absolute atomic E-state index is 12.5. The van der Waals surface area contributed by atoms with Gasteiger partial charge in [0.05, 0.1) is 10.0 Å². The molecule has 118 valence electrons. The number of rotatable bonds is 4. The van der Waals surface area contributed by atoms with Gasteiger partial charge in [0, 0.05) is 18.6 Å². The van der Waals surface area contributed by atoms with Crippen molar-refractivity contribution in [1.29, 1.82) is 0 Å². The Morgan fingerprint density at radius 2 is 1.67 bits per heavy atom. The Bertz CT molecular complexity index is 652. The third kappa shape index (κ3) is 4.32. The zero-order chi connectivity index (χ0) is 16.6. The Morgan fingerprint density at radius 3 is 2.05 bits per heavy atom. The molecule has 0 unspecified atom stereocenters. The lowest BCUT2D eigenvalue weighted by molar-refractivity contribution is -0.133. The molecule has 0 fully saturated rings. The lowest BCUT2D eigenvalue weighted by Crippen LogP contribution is -2.54. The second-order valence-corrected chi connectivity index (χ2v) is 8.48. The number of amides is 1. The normalized spacial score (nSPS) is 12.3. The van der Waals surface area contributed by atoms with Crippen molar-refractivity contribution in [2.24, 2.45) is 0 Å². The van der Waals surface area contributed by atoms with E-state index in [-0.39, 0.29) is 14.9 Å². The highest BCUT2D eigenvalue weighted by molar-refractivity contribution is 9.10. The van der Waals surface area contributed by atoms with E-state index in [0.29, 0.717) is 4.47 Å². The van der Waals surface area contributed by atoms with E-state index in [1.54, 1.807) is 0 Å². The quantitative estimate of drug-likeness (QED) is 0.818. The van der Waals surface area contributed by atoms with E-state index < -0.39 is 21.5 Å². The molecule has 0 heterocycles. The minimum Gasteiger partial charge on any atom is -0.347 e. The summed E-state index contributed by atoms with van der Waals surface area (Å²) in [5, 5.41) is -0.0649. The molecule has 0 aromatic heterocycles. The van der Waals surface area contributed by atoms with Crippen LogP contribution in [0.3, 0.4) is 0 Å². The molecule has 1 amide bonds. The Kier molecular flexibility index (Phi) is 5.72. The Morgan fingerprint density at radius 1 is 1.24 bits per heavy atom. The fourth-order valence-corrected chi connectivity index (χ4v) is 5.09. The Balaban J connectivity index is 3.29. The van der Waals surface area contributed by atoms with Crippen LogP contribution in [0.2, 0.25) is 10.0 Å². The predicted octanol–water partition coefficient (Wildman–Crippen LogP) is 2.90. The highest BCUT2D eigenvalue weighted by Gasteiger charge is 2.36. The minimum atomic E-state index is -4.06. The molecule has 1 rings (SSSR count). The summed E-state index contributed by atoms with van der Waals surface area (Å²) in [4.78, 5) is 13.1. The summed E-state index contributed by atoms with van der Waals surface area (Å²) in [7, 11) is -0.978. The van der Waals surface area contributed by atoms with E-state index >= 15 is 0 Å². The van der Waals surface area contributed by atoms with Gasteiger partial charge < -0.3 is 4.90 Å². The van der Waals surface area contributed by atoms with Crippen molar-refractivity contribution in [2.45, 2.75) is 24.3 Å². The first-order valence-electron chi connectivity index (χ1n) is 5.79. The SMILES string of the molecule is CN(C)C(=O)C(C)(C)NS(=O)(=O)c1c(Cl)cc(Br)cc1Cl. The maximum atomic E-state index is 12.5. The van der Waals surface area contributed by atoms with Crippen LogP contribution in [0, 0.1) is 0 Å². The second kappa shape index (κ2) is 6.42. The molecule has 0 atom stereocenters. The number of hydrogen-bond donors (Lipinski definition) is 1. The van der Waals surface area contributed by atoms with Crippen molar-refractivity contribution in [3.05, 3.63) is 26.7 Å². The van der Waals surface area contributed by atoms with Crippen molar-refractivity contribution in [3.8, 4) is 0 Å². The molecule has 0 saturated heterocycles. The van der Waals surface area contributed by atoms with Crippen LogP contribution in [-0.2, 0) is 14.8 Å². The molecule has 1 aromatic rings. The number of hydrogen-bond acceptors (Lipinski definition) is 3. The second-order valence-electron chi connectivity index (χ2n) is 5.13. The van der Waals surface area contributed by atoms with Gasteiger partial charge in [-0.05, 0) is 26.0 Å². The first-order valence-corrected chi connectivity index (χ1v) is 8.82. The molecule has 5 nitrogen and oxygen atoms in total. The number of sulfonamides is 1. The zero-order valence-electron chi connectivity index (χ0n) is 11.9. The van der Waals surface area contributed by atoms with Gasteiger partial charge in [-0.3, -0.25) is 4.79 Å². The summed E-state index contributed by atoms with van der Waals surface area (Å²) in [6.45, 7) is 2.93. The zero-order valence-corrected chi connectivity index (χ0v) is 15.8. The molecule has 0 radical (unpaired) electrons. The van der Waals surface area contributed by atoms with Crippen LogP contribution in [0.15, 0.2) is 21.5 Å². The summed E-state index contributed by atoms with van der Waals surface area (Å²) in [5.74, 6) is -0.393. The van der Waals surface area contributed by atoms with E-state index in [9.17, 15) is 13.2 Å². The largest absolute Gasteiger partial charge is 0.347 e. The van der Waals surface area contributed by atoms with E-state index in [1.807, 2.05) is 0 Å². The van der Waals surface area contributed by atoms with Gasteiger partial charge in [-0.1, -0.05) is 39.1 Å². The number of halogens is 3. The van der Waals surface area contributed by atoms with Gasteiger partial charge in [-0.25, -0.2) is 8.42 Å². The number of benzene rings is 1. The molecular formula is C12H15BrCl2N2O3S. The molecule has 0 aliphatic carbocycles. The molecule has 1 N–H and O–H groups in total. The van der Waals surface area contributed by atoms with Gasteiger partial charge >= 0.3 is 0 Å². The smallest absolute Gasteiger partial charge is 0.244 e. The molecule has 9 heteroatoms. The minimum absolute atomic E-state index is 0.0324. The summed E-state index contributed by atoms with van der Waals surface area (Å²) < 4.78 is 27.8. The molecule has 0 aliphatic heterocycles. The maximum Gasteiger partial charge on any atom is 0.244 e. The average Bonchev–Trinajstić information content (AvgIpc) is 2.23. The molecule has 0 aliphatic rings.